The van der Waals surface area contributed by atoms with Crippen LogP contribution in [0.15, 0.2) is 0 Å². The molecule has 2 aliphatic heterocycles. The molecule has 0 aromatic rings. The number of hydrogen-bond acceptors (Lipinski definition) is 3. The van der Waals surface area contributed by atoms with Crippen molar-refractivity contribution in [1.82, 2.24) is 9.80 Å². The lowest BCUT2D eigenvalue weighted by atomic mass is 9.99. The van der Waals surface area contributed by atoms with Crippen LogP contribution in [0.5, 0.6) is 0 Å². The molecule has 0 aromatic carbocycles. The van der Waals surface area contributed by atoms with Crippen molar-refractivity contribution in [2.45, 2.75) is 58.0 Å². The average Bonchev–Trinajstić information content (AvgIpc) is 2.95. The molecule has 0 saturated carbocycles. The molecule has 0 bridgehead atoms. The van der Waals surface area contributed by atoms with Crippen molar-refractivity contribution in [2.75, 3.05) is 19.6 Å². The number of hydrogen-bond donors (Lipinski definition) is 1. The molecule has 2 unspecified atom stereocenters. The third kappa shape index (κ3) is 3.14. The molecule has 0 aromatic heterocycles. The Labute approximate surface area is 120 Å². The fraction of sp³-hybridized carbons (Fsp3) is 0.867. The van der Waals surface area contributed by atoms with E-state index in [1.165, 1.54) is 0 Å². The van der Waals surface area contributed by atoms with Gasteiger partial charge in [-0.05, 0) is 38.6 Å². The summed E-state index contributed by atoms with van der Waals surface area (Å²) in [5.41, 5.74) is 0. The van der Waals surface area contributed by atoms with Crippen LogP contribution in [0.2, 0.25) is 0 Å². The van der Waals surface area contributed by atoms with Crippen LogP contribution in [0.3, 0.4) is 0 Å². The Morgan fingerprint density at radius 2 is 1.85 bits per heavy atom. The summed E-state index contributed by atoms with van der Waals surface area (Å²) in [6.45, 7) is 6.46. The Morgan fingerprint density at radius 1 is 1.20 bits per heavy atom. The number of carbonyl (C=O) groups is 2. The third-order valence-electron chi connectivity index (χ3n) is 4.86. The minimum atomic E-state index is -0.694. The summed E-state index contributed by atoms with van der Waals surface area (Å²) in [5, 5.41) is 9.25. The van der Waals surface area contributed by atoms with Crippen LogP contribution >= 0.6 is 0 Å². The molecule has 5 heteroatoms. The number of aliphatic carboxylic acids is 1. The Bertz CT molecular complexity index is 364. The highest BCUT2D eigenvalue weighted by atomic mass is 16.4. The molecular weight excluding hydrogens is 256 g/mol. The summed E-state index contributed by atoms with van der Waals surface area (Å²) < 4.78 is 0. The van der Waals surface area contributed by atoms with Gasteiger partial charge in [0, 0.05) is 25.0 Å². The van der Waals surface area contributed by atoms with Gasteiger partial charge >= 0.3 is 5.97 Å². The Kier molecular flexibility index (Phi) is 5.02. The Morgan fingerprint density at radius 3 is 2.40 bits per heavy atom. The molecule has 20 heavy (non-hydrogen) atoms. The molecular formula is C15H26N2O3. The highest BCUT2D eigenvalue weighted by Crippen LogP contribution is 2.26. The number of carboxylic acid groups (broad SMARTS) is 1. The predicted molar refractivity (Wildman–Crippen MR) is 76.4 cm³/mol. The summed E-state index contributed by atoms with van der Waals surface area (Å²) in [6.07, 6.45) is 4.44. The van der Waals surface area contributed by atoms with Gasteiger partial charge in [0.25, 0.3) is 0 Å². The summed E-state index contributed by atoms with van der Waals surface area (Å²) in [5.74, 6) is -0.340. The lowest BCUT2D eigenvalue weighted by Gasteiger charge is -2.39. The molecule has 1 N–H and O–H groups in total. The molecule has 2 atom stereocenters. The number of likely N-dealkylation sites (tertiary alicyclic amines) is 2. The monoisotopic (exact) mass is 282 g/mol. The number of amides is 1. The normalized spacial score (nSPS) is 26.7. The standard InChI is InChI=1S/C15H26N2O3/c1-3-11(2)14(18)16-9-6-12(7-10-16)17-8-4-5-13(17)15(19)20/h11-13H,3-10H2,1-2H3,(H,19,20). The zero-order chi connectivity index (χ0) is 14.7. The van der Waals surface area contributed by atoms with E-state index in [0.29, 0.717) is 6.04 Å². The van der Waals surface area contributed by atoms with Crippen LogP contribution in [0.1, 0.15) is 46.0 Å². The Balaban J connectivity index is 1.88. The van der Waals surface area contributed by atoms with E-state index < -0.39 is 5.97 Å². The van der Waals surface area contributed by atoms with Crippen molar-refractivity contribution in [3.63, 3.8) is 0 Å². The maximum absolute atomic E-state index is 12.1. The van der Waals surface area contributed by atoms with Crippen LogP contribution in [0.25, 0.3) is 0 Å². The van der Waals surface area contributed by atoms with E-state index in [4.69, 9.17) is 0 Å². The van der Waals surface area contributed by atoms with Gasteiger partial charge in [0.15, 0.2) is 0 Å². The van der Waals surface area contributed by atoms with Gasteiger partial charge in [-0.25, -0.2) is 0 Å². The van der Waals surface area contributed by atoms with E-state index >= 15 is 0 Å². The first kappa shape index (κ1) is 15.3. The largest absolute Gasteiger partial charge is 0.480 e. The molecule has 114 valence electrons. The zero-order valence-corrected chi connectivity index (χ0v) is 12.5. The first-order chi connectivity index (χ1) is 9.54. The predicted octanol–water partition coefficient (Wildman–Crippen LogP) is 1.57. The Hall–Kier alpha value is -1.10. The maximum Gasteiger partial charge on any atom is 0.320 e. The molecule has 0 spiro atoms. The molecule has 2 aliphatic rings. The van der Waals surface area contributed by atoms with Crippen LogP contribution in [0, 0.1) is 5.92 Å². The van der Waals surface area contributed by atoms with E-state index in [1.54, 1.807) is 0 Å². The number of carbonyl (C=O) groups excluding carboxylic acids is 1. The first-order valence-electron chi connectivity index (χ1n) is 7.82. The van der Waals surface area contributed by atoms with Crippen molar-refractivity contribution in [1.29, 1.82) is 0 Å². The van der Waals surface area contributed by atoms with Crippen LogP contribution in [-0.4, -0.2) is 58.5 Å². The highest BCUT2D eigenvalue weighted by Gasteiger charge is 2.37. The van der Waals surface area contributed by atoms with Crippen molar-refractivity contribution in [3.05, 3.63) is 0 Å². The molecule has 2 heterocycles. The van der Waals surface area contributed by atoms with Crippen molar-refractivity contribution in [2.24, 2.45) is 5.92 Å². The molecule has 2 fully saturated rings. The summed E-state index contributed by atoms with van der Waals surface area (Å²) in [4.78, 5) is 27.5. The fourth-order valence-corrected chi connectivity index (χ4v) is 3.40. The molecule has 5 nitrogen and oxygen atoms in total. The molecule has 0 aliphatic carbocycles. The molecule has 0 radical (unpaired) electrons. The van der Waals surface area contributed by atoms with E-state index in [1.807, 2.05) is 18.7 Å². The van der Waals surface area contributed by atoms with Crippen LogP contribution < -0.4 is 0 Å². The first-order valence-corrected chi connectivity index (χ1v) is 7.82. The minimum Gasteiger partial charge on any atom is -0.480 e. The van der Waals surface area contributed by atoms with Gasteiger partial charge in [-0.2, -0.15) is 0 Å². The van der Waals surface area contributed by atoms with Gasteiger partial charge in [0.1, 0.15) is 6.04 Å². The summed E-state index contributed by atoms with van der Waals surface area (Å²) in [6, 6.07) is 0.0244. The van der Waals surface area contributed by atoms with Crippen molar-refractivity contribution >= 4 is 11.9 Å². The maximum atomic E-state index is 12.1. The van der Waals surface area contributed by atoms with Gasteiger partial charge in [-0.1, -0.05) is 13.8 Å². The van der Waals surface area contributed by atoms with Gasteiger partial charge < -0.3 is 10.0 Å². The smallest absolute Gasteiger partial charge is 0.320 e. The summed E-state index contributed by atoms with van der Waals surface area (Å²) in [7, 11) is 0. The highest BCUT2D eigenvalue weighted by molar-refractivity contribution is 5.78. The quantitative estimate of drug-likeness (QED) is 0.850. The van der Waals surface area contributed by atoms with Gasteiger partial charge in [-0.3, -0.25) is 14.5 Å². The van der Waals surface area contributed by atoms with Crippen LogP contribution in [0.4, 0.5) is 0 Å². The van der Waals surface area contributed by atoms with Crippen molar-refractivity contribution < 1.29 is 14.7 Å². The molecule has 2 saturated heterocycles. The fourth-order valence-electron chi connectivity index (χ4n) is 3.40. The van der Waals surface area contributed by atoms with Gasteiger partial charge in [0.05, 0.1) is 0 Å². The van der Waals surface area contributed by atoms with E-state index in [0.717, 1.165) is 51.7 Å². The van der Waals surface area contributed by atoms with Gasteiger partial charge in [0.2, 0.25) is 5.91 Å². The van der Waals surface area contributed by atoms with E-state index in [-0.39, 0.29) is 17.9 Å². The second-order valence-corrected chi connectivity index (χ2v) is 6.10. The second-order valence-electron chi connectivity index (χ2n) is 6.10. The topological polar surface area (TPSA) is 60.9 Å². The zero-order valence-electron chi connectivity index (χ0n) is 12.5. The lowest BCUT2D eigenvalue weighted by molar-refractivity contribution is -0.144. The van der Waals surface area contributed by atoms with Gasteiger partial charge in [-0.15, -0.1) is 0 Å². The SMILES string of the molecule is CCC(C)C(=O)N1CCC(N2CCCC2C(=O)O)CC1. The van der Waals surface area contributed by atoms with Crippen molar-refractivity contribution in [3.8, 4) is 0 Å². The lowest BCUT2D eigenvalue weighted by Crippen LogP contribution is -2.50. The molecule has 1 amide bonds. The third-order valence-corrected chi connectivity index (χ3v) is 4.86. The average molecular weight is 282 g/mol. The minimum absolute atomic E-state index is 0.102. The number of rotatable bonds is 4. The second kappa shape index (κ2) is 6.57. The number of piperidine rings is 1. The van der Waals surface area contributed by atoms with Crippen LogP contribution in [-0.2, 0) is 9.59 Å². The number of carboxylic acids is 1. The number of nitrogens with zero attached hydrogens (tertiary/aromatic N) is 2. The van der Waals surface area contributed by atoms with E-state index in [2.05, 4.69) is 4.90 Å². The summed E-state index contributed by atoms with van der Waals surface area (Å²) >= 11 is 0. The van der Waals surface area contributed by atoms with E-state index in [9.17, 15) is 14.7 Å². The molecule has 2 rings (SSSR count).